The van der Waals surface area contributed by atoms with Crippen molar-refractivity contribution >= 4 is 15.9 Å². The summed E-state index contributed by atoms with van der Waals surface area (Å²) in [6.45, 7) is 4.18. The molecule has 96 valence electrons. The number of aryl methyl sites for hydroxylation is 1. The zero-order valence-electron chi connectivity index (χ0n) is 10.5. The number of rotatable bonds is 3. The van der Waals surface area contributed by atoms with Crippen LogP contribution in [0.3, 0.4) is 0 Å². The minimum Gasteiger partial charge on any atom is -0.491 e. The quantitative estimate of drug-likeness (QED) is 0.864. The van der Waals surface area contributed by atoms with Crippen molar-refractivity contribution in [3.05, 3.63) is 34.4 Å². The van der Waals surface area contributed by atoms with Crippen molar-refractivity contribution in [3.8, 4) is 17.0 Å². The molecular weight excluding hydrogens is 299 g/mol. The van der Waals surface area contributed by atoms with Gasteiger partial charge in [0.15, 0.2) is 11.6 Å². The Balaban J connectivity index is 2.49. The molecular formula is C13H14BrFN2O. The third-order valence-electron chi connectivity index (χ3n) is 2.78. The average Bonchev–Trinajstić information content (AvgIpc) is 2.56. The van der Waals surface area contributed by atoms with Crippen LogP contribution < -0.4 is 4.74 Å². The summed E-state index contributed by atoms with van der Waals surface area (Å²) >= 11 is 3.39. The molecule has 3 nitrogen and oxygen atoms in total. The maximum atomic E-state index is 13.8. The molecule has 18 heavy (non-hydrogen) atoms. The van der Waals surface area contributed by atoms with Gasteiger partial charge in [-0.25, -0.2) is 9.37 Å². The fourth-order valence-electron chi connectivity index (χ4n) is 1.80. The first-order valence-corrected chi connectivity index (χ1v) is 6.45. The lowest BCUT2D eigenvalue weighted by atomic mass is 10.1. The lowest BCUT2D eigenvalue weighted by Crippen LogP contribution is -1.97. The minimum absolute atomic E-state index is 0.274. The molecule has 1 heterocycles. The van der Waals surface area contributed by atoms with Crippen molar-refractivity contribution in [2.24, 2.45) is 7.05 Å². The van der Waals surface area contributed by atoms with Crippen LogP contribution in [0.5, 0.6) is 5.75 Å². The Morgan fingerprint density at radius 3 is 2.67 bits per heavy atom. The number of aromatic nitrogens is 2. The highest BCUT2D eigenvalue weighted by Crippen LogP contribution is 2.31. The number of hydrogen-bond acceptors (Lipinski definition) is 2. The molecule has 1 aromatic heterocycles. The van der Waals surface area contributed by atoms with Gasteiger partial charge in [0.05, 0.1) is 12.3 Å². The van der Waals surface area contributed by atoms with Gasteiger partial charge in [0, 0.05) is 12.6 Å². The van der Waals surface area contributed by atoms with Gasteiger partial charge < -0.3 is 9.30 Å². The summed E-state index contributed by atoms with van der Waals surface area (Å²) in [4.78, 5) is 4.30. The first kappa shape index (κ1) is 13.1. The molecule has 2 rings (SSSR count). The maximum Gasteiger partial charge on any atom is 0.165 e. The van der Waals surface area contributed by atoms with Gasteiger partial charge >= 0.3 is 0 Å². The van der Waals surface area contributed by atoms with Crippen molar-refractivity contribution in [2.75, 3.05) is 6.61 Å². The molecule has 5 heteroatoms. The van der Waals surface area contributed by atoms with Crippen LogP contribution in [-0.2, 0) is 7.05 Å². The van der Waals surface area contributed by atoms with Crippen LogP contribution in [0.2, 0.25) is 0 Å². The second kappa shape index (κ2) is 5.10. The fraction of sp³-hybridized carbons (Fsp3) is 0.308. The summed E-state index contributed by atoms with van der Waals surface area (Å²) in [5.74, 6) is 0.780. The summed E-state index contributed by atoms with van der Waals surface area (Å²) in [6.07, 6.45) is 0. The zero-order valence-corrected chi connectivity index (χ0v) is 12.1. The fourth-order valence-corrected chi connectivity index (χ4v) is 2.56. The Morgan fingerprint density at radius 2 is 2.17 bits per heavy atom. The minimum atomic E-state index is -0.361. The van der Waals surface area contributed by atoms with Gasteiger partial charge in [-0.15, -0.1) is 0 Å². The Morgan fingerprint density at radius 1 is 1.44 bits per heavy atom. The highest BCUT2D eigenvalue weighted by atomic mass is 79.9. The van der Waals surface area contributed by atoms with Crippen LogP contribution >= 0.6 is 15.9 Å². The number of ether oxygens (including phenoxy) is 1. The van der Waals surface area contributed by atoms with Crippen LogP contribution in [0.25, 0.3) is 11.3 Å². The van der Waals surface area contributed by atoms with Crippen molar-refractivity contribution < 1.29 is 9.13 Å². The van der Waals surface area contributed by atoms with Crippen LogP contribution in [0.4, 0.5) is 4.39 Å². The second-order valence-electron chi connectivity index (χ2n) is 3.94. The van der Waals surface area contributed by atoms with Gasteiger partial charge in [0.2, 0.25) is 0 Å². The average molecular weight is 313 g/mol. The Bertz CT molecular complexity index is 581. The molecule has 0 spiro atoms. The third kappa shape index (κ3) is 2.27. The largest absolute Gasteiger partial charge is 0.491 e. The summed E-state index contributed by atoms with van der Waals surface area (Å²) in [5, 5.41) is 0. The van der Waals surface area contributed by atoms with E-state index in [1.165, 1.54) is 6.07 Å². The van der Waals surface area contributed by atoms with Gasteiger partial charge in [0.1, 0.15) is 10.4 Å². The molecule has 0 aliphatic heterocycles. The first-order chi connectivity index (χ1) is 8.54. The monoisotopic (exact) mass is 312 g/mol. The van der Waals surface area contributed by atoms with Crippen LogP contribution in [-0.4, -0.2) is 16.2 Å². The van der Waals surface area contributed by atoms with E-state index >= 15 is 0 Å². The molecule has 0 aliphatic rings. The van der Waals surface area contributed by atoms with Crippen molar-refractivity contribution in [2.45, 2.75) is 13.8 Å². The molecule has 0 radical (unpaired) electrons. The molecule has 0 unspecified atom stereocenters. The van der Waals surface area contributed by atoms with Gasteiger partial charge in [-0.1, -0.05) is 0 Å². The Labute approximate surface area is 114 Å². The maximum absolute atomic E-state index is 13.8. The van der Waals surface area contributed by atoms with E-state index in [1.807, 2.05) is 31.5 Å². The van der Waals surface area contributed by atoms with Crippen LogP contribution in [0, 0.1) is 12.7 Å². The summed E-state index contributed by atoms with van der Waals surface area (Å²) in [6, 6.07) is 4.93. The summed E-state index contributed by atoms with van der Waals surface area (Å²) < 4.78 is 21.6. The molecule has 0 atom stereocenters. The van der Waals surface area contributed by atoms with Crippen molar-refractivity contribution in [1.29, 1.82) is 0 Å². The van der Waals surface area contributed by atoms with Gasteiger partial charge in [-0.05, 0) is 48.0 Å². The van der Waals surface area contributed by atoms with E-state index in [0.717, 1.165) is 17.1 Å². The molecule has 0 aliphatic carbocycles. The smallest absolute Gasteiger partial charge is 0.165 e. The molecule has 0 fully saturated rings. The van der Waals surface area contributed by atoms with E-state index < -0.39 is 0 Å². The molecule has 0 N–H and O–H groups in total. The summed E-state index contributed by atoms with van der Waals surface area (Å²) in [7, 11) is 1.90. The van der Waals surface area contributed by atoms with E-state index in [4.69, 9.17) is 4.74 Å². The van der Waals surface area contributed by atoms with Gasteiger partial charge in [0.25, 0.3) is 0 Å². The van der Waals surface area contributed by atoms with E-state index in [2.05, 4.69) is 20.9 Å². The topological polar surface area (TPSA) is 27.1 Å². The Hall–Kier alpha value is -1.36. The van der Waals surface area contributed by atoms with E-state index in [1.54, 1.807) is 6.07 Å². The second-order valence-corrected chi connectivity index (χ2v) is 4.69. The number of benzene rings is 1. The van der Waals surface area contributed by atoms with Crippen LogP contribution in [0.1, 0.15) is 12.7 Å². The molecule has 0 bridgehead atoms. The third-order valence-corrected chi connectivity index (χ3v) is 3.33. The predicted octanol–water partition coefficient (Wildman–Crippen LogP) is 3.70. The molecule has 0 amide bonds. The molecule has 0 saturated heterocycles. The predicted molar refractivity (Wildman–Crippen MR) is 72.2 cm³/mol. The van der Waals surface area contributed by atoms with Crippen LogP contribution in [0.15, 0.2) is 22.8 Å². The first-order valence-electron chi connectivity index (χ1n) is 5.66. The van der Waals surface area contributed by atoms with E-state index in [9.17, 15) is 4.39 Å². The van der Waals surface area contributed by atoms with Gasteiger partial charge in [-0.2, -0.15) is 0 Å². The van der Waals surface area contributed by atoms with Gasteiger partial charge in [-0.3, -0.25) is 0 Å². The van der Waals surface area contributed by atoms with E-state index in [0.29, 0.717) is 11.2 Å². The molecule has 1 aromatic carbocycles. The number of halogens is 2. The molecule has 2 aromatic rings. The molecule has 0 saturated carbocycles. The SMILES string of the molecule is CCOc1ccc(-c2c(Br)nc(C)n2C)cc1F. The lowest BCUT2D eigenvalue weighted by Gasteiger charge is -2.08. The number of hydrogen-bond donors (Lipinski definition) is 0. The Kier molecular flexibility index (Phi) is 3.71. The van der Waals surface area contributed by atoms with E-state index in [-0.39, 0.29) is 11.6 Å². The van der Waals surface area contributed by atoms with Crippen molar-refractivity contribution in [1.82, 2.24) is 9.55 Å². The van der Waals surface area contributed by atoms with Crippen molar-refractivity contribution in [3.63, 3.8) is 0 Å². The standard InChI is InChI=1S/C13H14BrFN2O/c1-4-18-11-6-5-9(7-10(11)15)12-13(14)16-8(2)17(12)3/h5-7H,4H2,1-3H3. The zero-order chi connectivity index (χ0) is 13.3. The number of imidazole rings is 1. The normalized spacial score (nSPS) is 10.7. The lowest BCUT2D eigenvalue weighted by molar-refractivity contribution is 0.321. The number of nitrogens with zero attached hydrogens (tertiary/aromatic N) is 2. The highest BCUT2D eigenvalue weighted by Gasteiger charge is 2.14. The summed E-state index contributed by atoms with van der Waals surface area (Å²) in [5.41, 5.74) is 1.63. The highest BCUT2D eigenvalue weighted by molar-refractivity contribution is 9.10.